The largest absolute Gasteiger partial charge is 0.351 e. The Balaban J connectivity index is 4.24. The number of nitrogens with one attached hydrogen (secondary N) is 4. The average Bonchev–Trinajstić information content (AvgIpc) is 2.45. The van der Waals surface area contributed by atoms with Gasteiger partial charge in [-0.05, 0) is 13.8 Å². The molecule has 0 spiro atoms. The van der Waals surface area contributed by atoms with Gasteiger partial charge in [-0.2, -0.15) is 10.2 Å². The quantitative estimate of drug-likeness (QED) is 0.262. The molecule has 0 aliphatic rings. The molecule has 0 aliphatic heterocycles. The highest BCUT2D eigenvalue weighted by Gasteiger charge is 2.12. The second-order valence-electron chi connectivity index (χ2n) is 4.40. The lowest BCUT2D eigenvalue weighted by Crippen LogP contribution is -2.37. The number of nitrogens with zero attached hydrogens (tertiary/aromatic N) is 2. The smallest absolute Gasteiger partial charge is 0.331 e. The van der Waals surface area contributed by atoms with Gasteiger partial charge < -0.3 is 10.6 Å². The first kappa shape index (κ1) is 19.2. The Morgan fingerprint density at radius 2 is 1.00 bits per heavy atom. The van der Waals surface area contributed by atoms with Crippen molar-refractivity contribution in [2.45, 2.75) is 27.7 Å². The SMILES string of the molecule is CC(=O)NC/C(C)=N\NC(=O)C(=O)N/N=C(/C)CNC(C)=O. The molecule has 0 aliphatic carbocycles. The lowest BCUT2D eigenvalue weighted by Gasteiger charge is -2.04. The zero-order valence-electron chi connectivity index (χ0n) is 12.9. The molecule has 4 N–H and O–H groups in total. The molecule has 0 unspecified atom stereocenters. The summed E-state index contributed by atoms with van der Waals surface area (Å²) in [5.74, 6) is -2.47. The van der Waals surface area contributed by atoms with Gasteiger partial charge in [-0.25, -0.2) is 10.9 Å². The summed E-state index contributed by atoms with van der Waals surface area (Å²) in [6.45, 7) is 6.16. The molecule has 4 amide bonds. The van der Waals surface area contributed by atoms with Crippen LogP contribution in [0.1, 0.15) is 27.7 Å². The molecule has 0 rings (SSSR count). The Labute approximate surface area is 127 Å². The monoisotopic (exact) mass is 312 g/mol. The molecule has 0 atom stereocenters. The summed E-state index contributed by atoms with van der Waals surface area (Å²) in [5, 5.41) is 12.2. The van der Waals surface area contributed by atoms with Gasteiger partial charge in [-0.15, -0.1) is 0 Å². The van der Waals surface area contributed by atoms with Gasteiger partial charge in [-0.3, -0.25) is 19.2 Å². The fraction of sp³-hybridized carbons (Fsp3) is 0.500. The minimum Gasteiger partial charge on any atom is -0.351 e. The number of hydrogen-bond acceptors (Lipinski definition) is 6. The van der Waals surface area contributed by atoms with Crippen LogP contribution < -0.4 is 21.5 Å². The average molecular weight is 312 g/mol. The molecule has 0 aromatic rings. The van der Waals surface area contributed by atoms with E-state index in [1.165, 1.54) is 13.8 Å². The van der Waals surface area contributed by atoms with Crippen LogP contribution in [-0.2, 0) is 19.2 Å². The molecule has 22 heavy (non-hydrogen) atoms. The molecular formula is C12H20N6O4. The maximum atomic E-state index is 11.4. The Hall–Kier alpha value is -2.78. The fourth-order valence-corrected chi connectivity index (χ4v) is 0.978. The second kappa shape index (κ2) is 10.0. The van der Waals surface area contributed by atoms with Crippen molar-refractivity contribution in [3.05, 3.63) is 0 Å². The van der Waals surface area contributed by atoms with Gasteiger partial charge in [0.2, 0.25) is 11.8 Å². The van der Waals surface area contributed by atoms with Crippen LogP contribution >= 0.6 is 0 Å². The summed E-state index contributed by atoms with van der Waals surface area (Å²) in [7, 11) is 0. The number of carbonyl (C=O) groups is 4. The van der Waals surface area contributed by atoms with Crippen LogP contribution in [0.2, 0.25) is 0 Å². The van der Waals surface area contributed by atoms with Crippen LogP contribution in [-0.4, -0.2) is 48.1 Å². The molecule has 0 aromatic heterocycles. The highest BCUT2D eigenvalue weighted by Crippen LogP contribution is 1.78. The molecule has 0 aromatic carbocycles. The number of hydrogen-bond donors (Lipinski definition) is 4. The van der Waals surface area contributed by atoms with Gasteiger partial charge >= 0.3 is 11.8 Å². The molecule has 10 heteroatoms. The van der Waals surface area contributed by atoms with Crippen molar-refractivity contribution in [3.8, 4) is 0 Å². The van der Waals surface area contributed by atoms with Crippen LogP contribution in [0.4, 0.5) is 0 Å². The van der Waals surface area contributed by atoms with Crippen LogP contribution in [0.25, 0.3) is 0 Å². The maximum Gasteiger partial charge on any atom is 0.331 e. The minimum absolute atomic E-state index is 0.158. The zero-order valence-corrected chi connectivity index (χ0v) is 12.9. The Morgan fingerprint density at radius 3 is 1.27 bits per heavy atom. The Morgan fingerprint density at radius 1 is 0.682 bits per heavy atom. The standard InChI is InChI=1S/C12H20N6O4/c1-7(5-13-9(3)19)15-17-11(21)12(22)18-16-8(2)6-14-10(4)20/h5-6H2,1-4H3,(H,13,19)(H,14,20)(H,17,21)(H,18,22)/b15-7-,16-8-. The number of hydrazone groups is 2. The van der Waals surface area contributed by atoms with E-state index in [4.69, 9.17) is 0 Å². The minimum atomic E-state index is -1.00. The summed E-state index contributed by atoms with van der Waals surface area (Å²) < 4.78 is 0. The van der Waals surface area contributed by atoms with Crippen LogP contribution in [0.5, 0.6) is 0 Å². The Bertz CT molecular complexity index is 466. The Kier molecular flexibility index (Phi) is 8.75. The van der Waals surface area contributed by atoms with Gasteiger partial charge in [0.05, 0.1) is 24.5 Å². The predicted octanol–water partition coefficient (Wildman–Crippen LogP) is -1.76. The maximum absolute atomic E-state index is 11.4. The van der Waals surface area contributed by atoms with Gasteiger partial charge in [0, 0.05) is 13.8 Å². The molecule has 0 fully saturated rings. The molecule has 0 radical (unpaired) electrons. The van der Waals surface area contributed by atoms with Crippen molar-refractivity contribution in [2.75, 3.05) is 13.1 Å². The van der Waals surface area contributed by atoms with Crippen molar-refractivity contribution < 1.29 is 19.2 Å². The highest BCUT2D eigenvalue weighted by atomic mass is 16.2. The van der Waals surface area contributed by atoms with Crippen molar-refractivity contribution >= 4 is 35.1 Å². The first-order chi connectivity index (χ1) is 10.2. The molecule has 0 heterocycles. The summed E-state index contributed by atoms with van der Waals surface area (Å²) in [6, 6.07) is 0. The normalized spacial score (nSPS) is 11.5. The highest BCUT2D eigenvalue weighted by molar-refractivity contribution is 6.35. The van der Waals surface area contributed by atoms with E-state index in [2.05, 4.69) is 20.8 Å². The van der Waals surface area contributed by atoms with Crippen molar-refractivity contribution in [1.29, 1.82) is 0 Å². The molecule has 10 nitrogen and oxygen atoms in total. The van der Waals surface area contributed by atoms with Crippen molar-refractivity contribution in [2.24, 2.45) is 10.2 Å². The lowest BCUT2D eigenvalue weighted by molar-refractivity contribution is -0.139. The van der Waals surface area contributed by atoms with Gasteiger partial charge in [0.25, 0.3) is 0 Å². The first-order valence-corrected chi connectivity index (χ1v) is 6.38. The molecule has 122 valence electrons. The lowest BCUT2D eigenvalue weighted by atomic mass is 10.4. The van der Waals surface area contributed by atoms with E-state index >= 15 is 0 Å². The molecule has 0 saturated heterocycles. The topological polar surface area (TPSA) is 141 Å². The van der Waals surface area contributed by atoms with E-state index in [0.29, 0.717) is 11.4 Å². The van der Waals surface area contributed by atoms with Gasteiger partial charge in [0.1, 0.15) is 0 Å². The third-order valence-corrected chi connectivity index (χ3v) is 2.09. The second-order valence-corrected chi connectivity index (χ2v) is 4.40. The number of carbonyl (C=O) groups excluding carboxylic acids is 4. The molecule has 0 bridgehead atoms. The van der Waals surface area contributed by atoms with Crippen LogP contribution in [0.15, 0.2) is 10.2 Å². The molecular weight excluding hydrogens is 292 g/mol. The summed E-state index contributed by atoms with van der Waals surface area (Å²) in [5.41, 5.74) is 4.89. The summed E-state index contributed by atoms with van der Waals surface area (Å²) in [6.07, 6.45) is 0. The number of rotatable bonds is 6. The van der Waals surface area contributed by atoms with E-state index in [9.17, 15) is 19.2 Å². The van der Waals surface area contributed by atoms with E-state index in [1.807, 2.05) is 10.9 Å². The first-order valence-electron chi connectivity index (χ1n) is 6.38. The number of amides is 4. The van der Waals surface area contributed by atoms with Crippen molar-refractivity contribution in [1.82, 2.24) is 21.5 Å². The third-order valence-electron chi connectivity index (χ3n) is 2.09. The van der Waals surface area contributed by atoms with E-state index in [0.717, 1.165) is 0 Å². The third kappa shape index (κ3) is 10.1. The predicted molar refractivity (Wildman–Crippen MR) is 79.9 cm³/mol. The van der Waals surface area contributed by atoms with E-state index < -0.39 is 11.8 Å². The van der Waals surface area contributed by atoms with Crippen LogP contribution in [0.3, 0.4) is 0 Å². The van der Waals surface area contributed by atoms with Crippen LogP contribution in [0, 0.1) is 0 Å². The van der Waals surface area contributed by atoms with Gasteiger partial charge in [0.15, 0.2) is 0 Å². The van der Waals surface area contributed by atoms with Gasteiger partial charge in [-0.1, -0.05) is 0 Å². The summed E-state index contributed by atoms with van der Waals surface area (Å²) >= 11 is 0. The zero-order chi connectivity index (χ0) is 17.1. The van der Waals surface area contributed by atoms with Crippen molar-refractivity contribution in [3.63, 3.8) is 0 Å². The fourth-order valence-electron chi connectivity index (χ4n) is 0.978. The van der Waals surface area contributed by atoms with E-state index in [-0.39, 0.29) is 24.9 Å². The summed E-state index contributed by atoms with van der Waals surface area (Å²) in [4.78, 5) is 44.2. The molecule has 0 saturated carbocycles. The van der Waals surface area contributed by atoms with E-state index in [1.54, 1.807) is 13.8 Å².